The fourth-order valence-corrected chi connectivity index (χ4v) is 5.58. The first-order chi connectivity index (χ1) is 22.1. The van der Waals surface area contributed by atoms with Crippen molar-refractivity contribution in [1.82, 2.24) is 4.90 Å². The molecule has 0 spiro atoms. The molecule has 0 aromatic rings. The summed E-state index contributed by atoms with van der Waals surface area (Å²) in [7, 11) is 0. The SMILES string of the molecule is CCCCCCCCCCCCCC(=O)N(C(OCC)(OCC)C(O)(OCC)OCC)C(OCC)(OCC)C(O)(OCC)OCC. The van der Waals surface area contributed by atoms with Crippen LogP contribution in [0.4, 0.5) is 0 Å². The molecule has 0 aliphatic rings. The molecule has 0 saturated heterocycles. The normalized spacial score (nSPS) is 13.0. The van der Waals surface area contributed by atoms with Crippen LogP contribution in [0.15, 0.2) is 0 Å². The van der Waals surface area contributed by atoms with Gasteiger partial charge in [0.15, 0.2) is 0 Å². The Morgan fingerprint density at radius 1 is 0.435 bits per heavy atom. The summed E-state index contributed by atoms with van der Waals surface area (Å²) in [5.41, 5.74) is 0. The van der Waals surface area contributed by atoms with Crippen molar-refractivity contribution in [3.05, 3.63) is 0 Å². The summed E-state index contributed by atoms with van der Waals surface area (Å²) in [5, 5.41) is 24.3. The average Bonchev–Trinajstić information content (AvgIpc) is 3.00. The number of carbonyl (C=O) groups excluding carboxylic acids is 1. The lowest BCUT2D eigenvalue weighted by molar-refractivity contribution is -0.581. The fourth-order valence-electron chi connectivity index (χ4n) is 5.58. The first kappa shape index (κ1) is 45.1. The third-order valence-corrected chi connectivity index (χ3v) is 7.35. The van der Waals surface area contributed by atoms with Crippen LogP contribution >= 0.6 is 0 Å². The molecule has 0 fully saturated rings. The second-order valence-corrected chi connectivity index (χ2v) is 10.8. The number of hydrogen-bond donors (Lipinski definition) is 2. The van der Waals surface area contributed by atoms with Crippen LogP contribution in [0.1, 0.15) is 139 Å². The van der Waals surface area contributed by atoms with E-state index in [9.17, 15) is 15.0 Å². The number of aliphatic hydroxyl groups is 2. The maximum Gasteiger partial charge on any atom is 0.360 e. The van der Waals surface area contributed by atoms with Crippen molar-refractivity contribution in [2.75, 3.05) is 52.9 Å². The van der Waals surface area contributed by atoms with E-state index in [1.165, 1.54) is 38.5 Å². The Bertz CT molecular complexity index is 689. The predicted molar refractivity (Wildman–Crippen MR) is 176 cm³/mol. The maximum atomic E-state index is 14.7. The first-order valence-corrected chi connectivity index (χ1v) is 18.0. The molecule has 1 amide bonds. The molecule has 0 rings (SSSR count). The number of rotatable bonds is 32. The van der Waals surface area contributed by atoms with Gasteiger partial charge in [-0.25, -0.2) is 4.90 Å². The van der Waals surface area contributed by atoms with Crippen molar-refractivity contribution < 1.29 is 52.9 Å². The van der Waals surface area contributed by atoms with Crippen molar-refractivity contribution in [1.29, 1.82) is 0 Å². The number of carbonyl (C=O) groups is 1. The summed E-state index contributed by atoms with van der Waals surface area (Å²) in [6.45, 7) is 15.0. The number of amides is 1. The molecule has 0 aromatic carbocycles. The van der Waals surface area contributed by atoms with Gasteiger partial charge in [-0.1, -0.05) is 71.1 Å². The monoisotopic (exact) mass is 667 g/mol. The lowest BCUT2D eigenvalue weighted by Gasteiger charge is -2.57. The Kier molecular flexibility index (Phi) is 24.6. The van der Waals surface area contributed by atoms with E-state index in [0.717, 1.165) is 30.6 Å². The first-order valence-electron chi connectivity index (χ1n) is 18.0. The van der Waals surface area contributed by atoms with Gasteiger partial charge in [-0.15, -0.1) is 0 Å². The molecule has 46 heavy (non-hydrogen) atoms. The Labute approximate surface area is 279 Å². The highest BCUT2D eigenvalue weighted by Gasteiger charge is 2.74. The Morgan fingerprint density at radius 2 is 0.696 bits per heavy atom. The summed E-state index contributed by atoms with van der Waals surface area (Å²) in [4.78, 5) is 15.6. The van der Waals surface area contributed by atoms with Gasteiger partial charge < -0.3 is 48.1 Å². The molecule has 0 aliphatic carbocycles. The molecule has 12 nitrogen and oxygen atoms in total. The second-order valence-electron chi connectivity index (χ2n) is 10.8. The molecule has 0 aromatic heterocycles. The van der Waals surface area contributed by atoms with E-state index in [2.05, 4.69) is 6.92 Å². The van der Waals surface area contributed by atoms with E-state index in [0.29, 0.717) is 6.42 Å². The van der Waals surface area contributed by atoms with Crippen molar-refractivity contribution in [2.45, 2.75) is 163 Å². The van der Waals surface area contributed by atoms with Gasteiger partial charge in [-0.3, -0.25) is 4.79 Å². The van der Waals surface area contributed by atoms with Crippen molar-refractivity contribution in [3.8, 4) is 0 Å². The Morgan fingerprint density at radius 3 is 0.957 bits per heavy atom. The summed E-state index contributed by atoms with van der Waals surface area (Å²) >= 11 is 0. The lowest BCUT2D eigenvalue weighted by atomic mass is 10.0. The van der Waals surface area contributed by atoms with Gasteiger partial charge in [0.25, 0.3) is 0 Å². The van der Waals surface area contributed by atoms with E-state index >= 15 is 0 Å². The lowest BCUT2D eigenvalue weighted by Crippen LogP contribution is -2.82. The highest BCUT2D eigenvalue weighted by atomic mass is 16.9. The van der Waals surface area contributed by atoms with Crippen LogP contribution in [0.25, 0.3) is 0 Å². The number of nitrogens with zero attached hydrogens (tertiary/aromatic N) is 1. The Hall–Kier alpha value is -0.930. The zero-order chi connectivity index (χ0) is 35.0. The largest absolute Gasteiger partial charge is 0.360 e. The third-order valence-electron chi connectivity index (χ3n) is 7.35. The fraction of sp³-hybridized carbons (Fsp3) is 0.971. The number of ether oxygens (including phenoxy) is 8. The van der Waals surface area contributed by atoms with E-state index in [1.807, 2.05) is 0 Å². The molecular weight excluding hydrogens is 598 g/mol. The van der Waals surface area contributed by atoms with E-state index in [4.69, 9.17) is 37.9 Å². The van der Waals surface area contributed by atoms with Crippen LogP contribution in [-0.4, -0.2) is 97.6 Å². The molecule has 0 unspecified atom stereocenters. The molecular formula is C34H69NO11. The smallest absolute Gasteiger partial charge is 0.337 e. The van der Waals surface area contributed by atoms with Gasteiger partial charge in [-0.05, 0) is 61.8 Å². The van der Waals surface area contributed by atoms with Crippen LogP contribution in [0.3, 0.4) is 0 Å². The minimum atomic E-state index is -2.70. The molecule has 2 N–H and O–H groups in total. The van der Waals surface area contributed by atoms with Crippen molar-refractivity contribution >= 4 is 5.91 Å². The molecule has 0 saturated carbocycles. The standard InChI is InChI=1S/C34H69NO11/c1-10-19-20-21-22-23-24-25-26-27-28-29-30(36)35(31(39-11-2,40-12-3)33(37,43-15-6)44-16-7)32(41-13-4,42-14-5)34(38,45-17-8)46-18-9/h37-38H,10-29H2,1-9H3. The van der Waals surface area contributed by atoms with Crippen molar-refractivity contribution in [3.63, 3.8) is 0 Å². The summed E-state index contributed by atoms with van der Waals surface area (Å²) < 4.78 is 47.9. The van der Waals surface area contributed by atoms with Crippen LogP contribution in [0, 0.1) is 0 Å². The van der Waals surface area contributed by atoms with Crippen LogP contribution in [0.2, 0.25) is 0 Å². The molecule has 0 atom stereocenters. The van der Waals surface area contributed by atoms with Crippen LogP contribution in [0.5, 0.6) is 0 Å². The molecule has 0 radical (unpaired) electrons. The van der Waals surface area contributed by atoms with E-state index in [-0.39, 0.29) is 59.3 Å². The minimum absolute atomic E-state index is 0.0243. The van der Waals surface area contributed by atoms with Gasteiger partial charge in [0.1, 0.15) is 0 Å². The number of unbranched alkanes of at least 4 members (excludes halogenated alkanes) is 10. The third kappa shape index (κ3) is 12.5. The number of hydrogen-bond acceptors (Lipinski definition) is 11. The minimum Gasteiger partial charge on any atom is -0.337 e. The molecule has 12 heteroatoms. The van der Waals surface area contributed by atoms with Crippen LogP contribution < -0.4 is 0 Å². The Balaban J connectivity index is 6.90. The molecule has 276 valence electrons. The van der Waals surface area contributed by atoms with Crippen molar-refractivity contribution in [2.24, 2.45) is 0 Å². The molecule has 0 heterocycles. The van der Waals surface area contributed by atoms with Gasteiger partial charge in [0.05, 0.1) is 0 Å². The zero-order valence-electron chi connectivity index (χ0n) is 30.7. The maximum absolute atomic E-state index is 14.7. The van der Waals surface area contributed by atoms with Crippen LogP contribution in [-0.2, 0) is 42.7 Å². The van der Waals surface area contributed by atoms with Gasteiger partial charge in [0, 0.05) is 59.3 Å². The van der Waals surface area contributed by atoms with E-state index < -0.39 is 29.7 Å². The average molecular weight is 668 g/mol. The summed E-state index contributed by atoms with van der Waals surface area (Å²) in [6, 6.07) is 0. The summed E-state index contributed by atoms with van der Waals surface area (Å²) in [5.74, 6) is -11.1. The molecule has 0 aliphatic heterocycles. The quantitative estimate of drug-likeness (QED) is 0.0609. The summed E-state index contributed by atoms with van der Waals surface area (Å²) in [6.07, 6.45) is 12.1. The highest BCUT2D eigenvalue weighted by Crippen LogP contribution is 2.46. The topological polar surface area (TPSA) is 135 Å². The van der Waals surface area contributed by atoms with E-state index in [1.54, 1.807) is 55.4 Å². The van der Waals surface area contributed by atoms with Gasteiger partial charge in [0.2, 0.25) is 5.91 Å². The zero-order valence-corrected chi connectivity index (χ0v) is 30.7. The predicted octanol–water partition coefficient (Wildman–Crippen LogP) is 6.41. The van der Waals surface area contributed by atoms with Gasteiger partial charge in [-0.2, -0.15) is 0 Å². The second kappa shape index (κ2) is 25.1. The highest BCUT2D eigenvalue weighted by molar-refractivity contribution is 5.77. The molecule has 0 bridgehead atoms. The van der Waals surface area contributed by atoms with Gasteiger partial charge >= 0.3 is 23.8 Å².